The van der Waals surface area contributed by atoms with Crippen LogP contribution in [0.2, 0.25) is 0 Å². The number of carbonyl (C=O) groups excluding carboxylic acids is 1. The van der Waals surface area contributed by atoms with Gasteiger partial charge in [-0.25, -0.2) is 17.9 Å². The summed E-state index contributed by atoms with van der Waals surface area (Å²) in [6.45, 7) is 3.95. The molecular weight excluding hydrogens is 340 g/mol. The lowest BCUT2D eigenvalue weighted by molar-refractivity contribution is 0.0599. The minimum absolute atomic E-state index is 0. The Morgan fingerprint density at radius 2 is 2.17 bits per heavy atom. The molecule has 1 atom stereocenters. The van der Waals surface area contributed by atoms with Crippen molar-refractivity contribution < 1.29 is 17.9 Å². The van der Waals surface area contributed by atoms with Gasteiger partial charge in [0.05, 0.1) is 17.6 Å². The topological polar surface area (TPSA) is 84.5 Å². The van der Waals surface area contributed by atoms with Crippen LogP contribution in [-0.2, 0) is 14.8 Å². The summed E-state index contributed by atoms with van der Waals surface area (Å²) in [5, 5.41) is 3.26. The summed E-state index contributed by atoms with van der Waals surface area (Å²) in [7, 11) is -2.35. The fourth-order valence-electron chi connectivity index (χ4n) is 2.67. The van der Waals surface area contributed by atoms with Crippen LogP contribution in [-0.4, -0.2) is 41.1 Å². The van der Waals surface area contributed by atoms with E-state index < -0.39 is 16.0 Å². The first-order chi connectivity index (χ1) is 10.5. The van der Waals surface area contributed by atoms with Gasteiger partial charge in [0, 0.05) is 6.54 Å². The zero-order valence-electron chi connectivity index (χ0n) is 13.3. The molecule has 2 rings (SSSR count). The van der Waals surface area contributed by atoms with Crippen LogP contribution in [0, 0.1) is 12.8 Å². The molecule has 6 nitrogen and oxygen atoms in total. The fraction of sp³-hybridized carbons (Fsp3) is 0.533. The molecule has 0 bridgehead atoms. The molecule has 130 valence electrons. The third kappa shape index (κ3) is 4.91. The summed E-state index contributed by atoms with van der Waals surface area (Å²) >= 11 is 0. The maximum atomic E-state index is 12.4. The van der Waals surface area contributed by atoms with E-state index >= 15 is 0 Å². The van der Waals surface area contributed by atoms with E-state index in [1.165, 1.54) is 13.2 Å². The summed E-state index contributed by atoms with van der Waals surface area (Å²) in [5.41, 5.74) is 0.676. The number of esters is 1. The van der Waals surface area contributed by atoms with Gasteiger partial charge in [0.25, 0.3) is 0 Å². The second-order valence-electron chi connectivity index (χ2n) is 5.47. The number of carbonyl (C=O) groups is 1. The second kappa shape index (κ2) is 8.63. The number of sulfonamides is 1. The molecule has 1 aromatic carbocycles. The maximum absolute atomic E-state index is 12.4. The van der Waals surface area contributed by atoms with E-state index in [1.54, 1.807) is 19.1 Å². The number of ether oxygens (including phenoxy) is 1. The molecule has 1 fully saturated rings. The van der Waals surface area contributed by atoms with E-state index in [9.17, 15) is 13.2 Å². The number of halogens is 1. The van der Waals surface area contributed by atoms with Crippen molar-refractivity contribution in [1.29, 1.82) is 0 Å². The summed E-state index contributed by atoms with van der Waals surface area (Å²) < 4.78 is 32.1. The smallest absolute Gasteiger partial charge is 0.338 e. The van der Waals surface area contributed by atoms with Gasteiger partial charge in [-0.3, -0.25) is 0 Å². The lowest BCUT2D eigenvalue weighted by Gasteiger charge is -2.13. The molecule has 0 spiro atoms. The highest BCUT2D eigenvalue weighted by molar-refractivity contribution is 7.89. The molecule has 8 heteroatoms. The van der Waals surface area contributed by atoms with Gasteiger partial charge in [-0.05, 0) is 56.5 Å². The number of rotatable bonds is 6. The maximum Gasteiger partial charge on any atom is 0.338 e. The van der Waals surface area contributed by atoms with Crippen molar-refractivity contribution in [2.75, 3.05) is 26.7 Å². The minimum atomic E-state index is -3.63. The monoisotopic (exact) mass is 362 g/mol. The Labute approximate surface area is 143 Å². The number of methoxy groups -OCH3 is 1. The molecule has 1 unspecified atom stereocenters. The first kappa shape index (κ1) is 19.9. The van der Waals surface area contributed by atoms with E-state index in [-0.39, 0.29) is 22.9 Å². The van der Waals surface area contributed by atoms with Gasteiger partial charge >= 0.3 is 5.97 Å². The zero-order chi connectivity index (χ0) is 16.2. The summed E-state index contributed by atoms with van der Waals surface area (Å²) in [5.74, 6) is -0.0169. The predicted molar refractivity (Wildman–Crippen MR) is 90.5 cm³/mol. The van der Waals surface area contributed by atoms with Gasteiger partial charge in [0.15, 0.2) is 0 Å². The summed E-state index contributed by atoms with van der Waals surface area (Å²) in [6.07, 6.45) is 1.89. The van der Waals surface area contributed by atoms with E-state index in [2.05, 4.69) is 14.8 Å². The van der Waals surface area contributed by atoms with Crippen molar-refractivity contribution in [3.8, 4) is 0 Å². The molecular formula is C15H23ClN2O4S. The zero-order valence-corrected chi connectivity index (χ0v) is 14.9. The third-order valence-corrected chi connectivity index (χ3v) is 5.59. The van der Waals surface area contributed by atoms with Crippen LogP contribution in [0.25, 0.3) is 0 Å². The predicted octanol–water partition coefficient (Wildman–Crippen LogP) is 1.48. The van der Waals surface area contributed by atoms with Gasteiger partial charge in [-0.1, -0.05) is 6.07 Å². The number of nitrogens with one attached hydrogen (secondary N) is 2. The summed E-state index contributed by atoms with van der Waals surface area (Å²) in [6, 6.07) is 4.61. The first-order valence-corrected chi connectivity index (χ1v) is 8.82. The van der Waals surface area contributed by atoms with Crippen molar-refractivity contribution in [2.45, 2.75) is 24.7 Å². The van der Waals surface area contributed by atoms with Crippen molar-refractivity contribution in [1.82, 2.24) is 10.0 Å². The van der Waals surface area contributed by atoms with Crippen molar-refractivity contribution in [3.05, 3.63) is 29.3 Å². The SMILES string of the molecule is COC(=O)c1cccc(S(=O)(=O)NCCC2CCNC2)c1C.Cl. The third-order valence-electron chi connectivity index (χ3n) is 3.99. The molecule has 0 aromatic heterocycles. The van der Waals surface area contributed by atoms with Crippen molar-refractivity contribution in [2.24, 2.45) is 5.92 Å². The van der Waals surface area contributed by atoms with Crippen LogP contribution in [0.4, 0.5) is 0 Å². The molecule has 2 N–H and O–H groups in total. The first-order valence-electron chi connectivity index (χ1n) is 7.34. The van der Waals surface area contributed by atoms with Crippen LogP contribution in [0.1, 0.15) is 28.8 Å². The van der Waals surface area contributed by atoms with Crippen LogP contribution < -0.4 is 10.0 Å². The molecule has 1 aliphatic rings. The van der Waals surface area contributed by atoms with Crippen LogP contribution >= 0.6 is 12.4 Å². The Kier molecular flexibility index (Phi) is 7.47. The molecule has 0 amide bonds. The molecule has 0 saturated carbocycles. The summed E-state index contributed by atoms with van der Waals surface area (Å²) in [4.78, 5) is 11.8. The minimum Gasteiger partial charge on any atom is -0.465 e. The highest BCUT2D eigenvalue weighted by Crippen LogP contribution is 2.20. The van der Waals surface area contributed by atoms with E-state index in [4.69, 9.17) is 0 Å². The van der Waals surface area contributed by atoms with E-state index in [0.29, 0.717) is 18.0 Å². The lowest BCUT2D eigenvalue weighted by Crippen LogP contribution is -2.27. The van der Waals surface area contributed by atoms with Crippen molar-refractivity contribution >= 4 is 28.4 Å². The fourth-order valence-corrected chi connectivity index (χ4v) is 3.99. The number of hydrogen-bond donors (Lipinski definition) is 2. The van der Waals surface area contributed by atoms with Crippen LogP contribution in [0.3, 0.4) is 0 Å². The standard InChI is InChI=1S/C15H22N2O4S.ClH/c1-11-13(15(18)21-2)4-3-5-14(11)22(19,20)17-9-7-12-6-8-16-10-12;/h3-5,12,16-17H,6-10H2,1-2H3;1H. The molecule has 1 aromatic rings. The van der Waals surface area contributed by atoms with E-state index in [0.717, 1.165) is 25.9 Å². The Hall–Kier alpha value is -1.15. The van der Waals surface area contributed by atoms with Crippen LogP contribution in [0.15, 0.2) is 23.1 Å². The van der Waals surface area contributed by atoms with Gasteiger partial charge in [-0.15, -0.1) is 12.4 Å². The Morgan fingerprint density at radius 3 is 2.78 bits per heavy atom. The normalized spacial score (nSPS) is 17.6. The molecule has 23 heavy (non-hydrogen) atoms. The van der Waals surface area contributed by atoms with Crippen molar-refractivity contribution in [3.63, 3.8) is 0 Å². The van der Waals surface area contributed by atoms with E-state index in [1.807, 2.05) is 0 Å². The molecule has 1 saturated heterocycles. The molecule has 1 aliphatic heterocycles. The largest absolute Gasteiger partial charge is 0.465 e. The molecule has 0 aliphatic carbocycles. The highest BCUT2D eigenvalue weighted by atomic mass is 35.5. The second-order valence-corrected chi connectivity index (χ2v) is 7.20. The Bertz CT molecular complexity index is 643. The number of hydrogen-bond acceptors (Lipinski definition) is 5. The van der Waals surface area contributed by atoms with Gasteiger partial charge in [0.1, 0.15) is 0 Å². The molecule has 0 radical (unpaired) electrons. The number of benzene rings is 1. The lowest BCUT2D eigenvalue weighted by atomic mass is 10.1. The van der Waals surface area contributed by atoms with Crippen LogP contribution in [0.5, 0.6) is 0 Å². The van der Waals surface area contributed by atoms with Gasteiger partial charge < -0.3 is 10.1 Å². The molecule has 1 heterocycles. The quantitative estimate of drug-likeness (QED) is 0.749. The highest BCUT2D eigenvalue weighted by Gasteiger charge is 2.22. The average Bonchev–Trinajstić information content (AvgIpc) is 2.99. The Morgan fingerprint density at radius 1 is 1.43 bits per heavy atom. The van der Waals surface area contributed by atoms with Gasteiger partial charge in [0.2, 0.25) is 10.0 Å². The van der Waals surface area contributed by atoms with Gasteiger partial charge in [-0.2, -0.15) is 0 Å². The Balaban J connectivity index is 0.00000264. The average molecular weight is 363 g/mol.